The van der Waals surface area contributed by atoms with E-state index in [2.05, 4.69) is 55.5 Å². The summed E-state index contributed by atoms with van der Waals surface area (Å²) in [6, 6.07) is 0. The second-order valence-electron chi connectivity index (χ2n) is 6.16. The molecule has 1 aliphatic carbocycles. The smallest absolute Gasteiger partial charge is 0.0850 e. The topological polar surface area (TPSA) is 17.8 Å². The Hall–Kier alpha value is 0.460. The van der Waals surface area contributed by atoms with Crippen LogP contribution in [0.25, 0.3) is 0 Å². The van der Waals surface area contributed by atoms with E-state index in [0.29, 0.717) is 0 Å². The first-order valence-corrected chi connectivity index (χ1v) is 10.6. The predicted octanol–water partition coefficient (Wildman–Crippen LogP) is 5.63. The van der Waals surface area contributed by atoms with Crippen LogP contribution in [0.4, 0.5) is 0 Å². The highest BCUT2D eigenvalue weighted by Gasteiger charge is 2.40. The zero-order valence-corrected chi connectivity index (χ0v) is 16.9. The predicted molar refractivity (Wildman–Crippen MR) is 98.0 cm³/mol. The van der Waals surface area contributed by atoms with Crippen molar-refractivity contribution in [3.63, 3.8) is 0 Å². The highest BCUT2D eigenvalue weighted by atomic mass is 79.9. The van der Waals surface area contributed by atoms with Crippen LogP contribution in [0.5, 0.6) is 0 Å². The lowest BCUT2D eigenvalue weighted by Gasteiger charge is -2.36. The van der Waals surface area contributed by atoms with Crippen molar-refractivity contribution in [1.82, 2.24) is 9.78 Å². The lowest BCUT2D eigenvalue weighted by atomic mass is 9.74. The van der Waals surface area contributed by atoms with Crippen molar-refractivity contribution in [2.75, 3.05) is 10.7 Å². The molecular formula is C16H25Br2ClN2. The number of alkyl halides is 2. The normalized spacial score (nSPS) is 16.8. The third-order valence-corrected chi connectivity index (χ3v) is 7.64. The summed E-state index contributed by atoms with van der Waals surface area (Å²) in [5.41, 5.74) is 2.51. The molecule has 2 rings (SSSR count). The van der Waals surface area contributed by atoms with E-state index in [1.165, 1.54) is 31.4 Å². The van der Waals surface area contributed by atoms with Crippen LogP contribution in [-0.2, 0) is 19.4 Å². The summed E-state index contributed by atoms with van der Waals surface area (Å²) in [7, 11) is 0. The quantitative estimate of drug-likeness (QED) is 0.503. The van der Waals surface area contributed by atoms with Crippen LogP contribution in [0.15, 0.2) is 0 Å². The monoisotopic (exact) mass is 438 g/mol. The Balaban J connectivity index is 2.34. The third-order valence-electron chi connectivity index (χ3n) is 4.97. The number of aryl methyl sites for hydroxylation is 2. The van der Waals surface area contributed by atoms with Crippen LogP contribution in [0.1, 0.15) is 50.9 Å². The summed E-state index contributed by atoms with van der Waals surface area (Å²) in [5, 5.41) is 7.61. The average Bonchev–Trinajstić information content (AvgIpc) is 3.14. The van der Waals surface area contributed by atoms with E-state index in [1.807, 2.05) is 0 Å². The van der Waals surface area contributed by atoms with Gasteiger partial charge in [0.15, 0.2) is 0 Å². The van der Waals surface area contributed by atoms with Gasteiger partial charge in [0, 0.05) is 17.2 Å². The van der Waals surface area contributed by atoms with Gasteiger partial charge in [-0.3, -0.25) is 4.68 Å². The molecule has 0 aliphatic heterocycles. The van der Waals surface area contributed by atoms with E-state index >= 15 is 0 Å². The molecule has 0 N–H and O–H groups in total. The van der Waals surface area contributed by atoms with Crippen LogP contribution < -0.4 is 0 Å². The molecule has 1 aromatic heterocycles. The highest BCUT2D eigenvalue weighted by Crippen LogP contribution is 2.45. The Morgan fingerprint density at radius 3 is 2.33 bits per heavy atom. The summed E-state index contributed by atoms with van der Waals surface area (Å²) in [5.74, 6) is 0.776. The lowest BCUT2D eigenvalue weighted by molar-refractivity contribution is 0.228. The van der Waals surface area contributed by atoms with Crippen molar-refractivity contribution in [2.24, 2.45) is 11.3 Å². The zero-order chi connectivity index (χ0) is 15.5. The van der Waals surface area contributed by atoms with Gasteiger partial charge in [-0.1, -0.05) is 63.2 Å². The van der Waals surface area contributed by atoms with E-state index < -0.39 is 0 Å². The molecule has 0 aromatic carbocycles. The van der Waals surface area contributed by atoms with Crippen molar-refractivity contribution in [1.29, 1.82) is 0 Å². The Morgan fingerprint density at radius 1 is 1.24 bits per heavy atom. The molecule has 1 saturated carbocycles. The number of hydrogen-bond acceptors (Lipinski definition) is 1. The largest absolute Gasteiger partial charge is 0.268 e. The number of halogens is 3. The molecule has 0 saturated heterocycles. The molecule has 2 nitrogen and oxygen atoms in total. The van der Waals surface area contributed by atoms with Crippen LogP contribution in [0, 0.1) is 11.3 Å². The number of aromatic nitrogens is 2. The Labute approximate surface area is 150 Å². The second kappa shape index (κ2) is 7.83. The van der Waals surface area contributed by atoms with Crippen molar-refractivity contribution >= 4 is 43.5 Å². The highest BCUT2D eigenvalue weighted by molar-refractivity contribution is 9.09. The fraction of sp³-hybridized carbons (Fsp3) is 0.812. The maximum absolute atomic E-state index is 6.62. The van der Waals surface area contributed by atoms with Gasteiger partial charge >= 0.3 is 0 Å². The maximum Gasteiger partial charge on any atom is 0.0850 e. The van der Waals surface area contributed by atoms with Gasteiger partial charge in [-0.2, -0.15) is 5.10 Å². The molecule has 1 heterocycles. The summed E-state index contributed by atoms with van der Waals surface area (Å²) in [6.07, 6.45) is 7.33. The van der Waals surface area contributed by atoms with Crippen molar-refractivity contribution in [2.45, 2.75) is 58.9 Å². The SMILES string of the molecule is CCc1nn(CC)c(CC(CBr)(CBr)C2CCCC2)c1Cl. The first-order valence-electron chi connectivity index (χ1n) is 7.97. The summed E-state index contributed by atoms with van der Waals surface area (Å²) in [6.45, 7) is 5.16. The Kier molecular flexibility index (Phi) is 6.64. The third kappa shape index (κ3) is 3.53. The van der Waals surface area contributed by atoms with Gasteiger partial charge < -0.3 is 0 Å². The summed E-state index contributed by atoms with van der Waals surface area (Å²) in [4.78, 5) is 0. The zero-order valence-electron chi connectivity index (χ0n) is 13.0. The molecule has 1 aliphatic rings. The van der Waals surface area contributed by atoms with Crippen molar-refractivity contribution < 1.29 is 0 Å². The van der Waals surface area contributed by atoms with Gasteiger partial charge in [0.2, 0.25) is 0 Å². The first kappa shape index (κ1) is 17.8. The molecule has 0 unspecified atom stereocenters. The average molecular weight is 441 g/mol. The van der Waals surface area contributed by atoms with Crippen LogP contribution in [-0.4, -0.2) is 20.4 Å². The molecule has 21 heavy (non-hydrogen) atoms. The molecule has 1 aromatic rings. The molecule has 0 amide bonds. The summed E-state index contributed by atoms with van der Waals surface area (Å²) < 4.78 is 2.11. The minimum Gasteiger partial charge on any atom is -0.268 e. The Morgan fingerprint density at radius 2 is 1.86 bits per heavy atom. The van der Waals surface area contributed by atoms with Gasteiger partial charge in [-0.15, -0.1) is 0 Å². The van der Waals surface area contributed by atoms with E-state index in [-0.39, 0.29) is 5.41 Å². The second-order valence-corrected chi connectivity index (χ2v) is 7.66. The summed E-state index contributed by atoms with van der Waals surface area (Å²) >= 11 is 14.2. The van der Waals surface area contributed by atoms with E-state index in [1.54, 1.807) is 0 Å². The standard InChI is InChI=1S/C16H25Br2ClN2/c1-3-13-15(19)14(21(4-2)20-13)9-16(10-17,11-18)12-7-5-6-8-12/h12H,3-11H2,1-2H3. The van der Waals surface area contributed by atoms with Crippen LogP contribution in [0.2, 0.25) is 5.02 Å². The number of hydrogen-bond donors (Lipinski definition) is 0. The van der Waals surface area contributed by atoms with Crippen LogP contribution in [0.3, 0.4) is 0 Å². The lowest BCUT2D eigenvalue weighted by Crippen LogP contribution is -2.36. The van der Waals surface area contributed by atoms with Crippen LogP contribution >= 0.6 is 43.5 Å². The molecule has 0 bridgehead atoms. The van der Waals surface area contributed by atoms with Crippen molar-refractivity contribution in [3.05, 3.63) is 16.4 Å². The first-order chi connectivity index (χ1) is 10.1. The molecule has 0 atom stereocenters. The minimum absolute atomic E-state index is 0.248. The van der Waals surface area contributed by atoms with Gasteiger partial charge in [-0.25, -0.2) is 0 Å². The fourth-order valence-electron chi connectivity index (χ4n) is 3.55. The molecule has 0 spiro atoms. The van der Waals surface area contributed by atoms with Gasteiger partial charge in [-0.05, 0) is 43.9 Å². The van der Waals surface area contributed by atoms with Gasteiger partial charge in [0.25, 0.3) is 0 Å². The van der Waals surface area contributed by atoms with Gasteiger partial charge in [0.1, 0.15) is 0 Å². The van der Waals surface area contributed by atoms with E-state index in [4.69, 9.17) is 11.6 Å². The molecule has 0 radical (unpaired) electrons. The van der Waals surface area contributed by atoms with Crippen molar-refractivity contribution in [3.8, 4) is 0 Å². The van der Waals surface area contributed by atoms with E-state index in [0.717, 1.165) is 46.7 Å². The molecule has 120 valence electrons. The Bertz CT molecular complexity index is 463. The fourth-order valence-corrected chi connectivity index (χ4v) is 6.13. The molecule has 5 heteroatoms. The number of rotatable bonds is 7. The maximum atomic E-state index is 6.62. The van der Waals surface area contributed by atoms with Gasteiger partial charge in [0.05, 0.1) is 16.4 Å². The number of nitrogens with zero attached hydrogens (tertiary/aromatic N) is 2. The molecule has 1 fully saturated rings. The minimum atomic E-state index is 0.248. The molecular weight excluding hydrogens is 415 g/mol. The van der Waals surface area contributed by atoms with E-state index in [9.17, 15) is 0 Å².